The van der Waals surface area contributed by atoms with Crippen LogP contribution < -0.4 is 11.2 Å². The second-order valence-corrected chi connectivity index (χ2v) is 23.1. The van der Waals surface area contributed by atoms with Crippen molar-refractivity contribution in [2.45, 2.75) is 263 Å². The maximum atomic E-state index is 14.0. The Morgan fingerprint density at radius 3 is 1.31 bits per heavy atom. The average molecular weight is 1070 g/mol. The summed E-state index contributed by atoms with van der Waals surface area (Å²) in [7, 11) is 0. The van der Waals surface area contributed by atoms with Crippen molar-refractivity contribution < 1.29 is 23.8 Å². The van der Waals surface area contributed by atoms with E-state index < -0.39 is 34.7 Å². The van der Waals surface area contributed by atoms with Gasteiger partial charge in [0.1, 0.15) is 12.2 Å². The van der Waals surface area contributed by atoms with Gasteiger partial charge in [-0.2, -0.15) is 0 Å². The number of carbonyl (C=O) groups is 2. The zero-order valence-corrected chi connectivity index (χ0v) is 49.1. The van der Waals surface area contributed by atoms with Crippen LogP contribution in [0.2, 0.25) is 0 Å². The fourth-order valence-electron chi connectivity index (χ4n) is 11.8. The Morgan fingerprint density at radius 1 is 0.538 bits per heavy atom. The van der Waals surface area contributed by atoms with Crippen LogP contribution in [0.3, 0.4) is 0 Å². The van der Waals surface area contributed by atoms with Gasteiger partial charge in [0.15, 0.2) is 6.23 Å². The first kappa shape index (κ1) is 64.0. The number of morpholine rings is 1. The minimum absolute atomic E-state index is 0.126. The van der Waals surface area contributed by atoms with E-state index in [0.29, 0.717) is 18.5 Å². The minimum Gasteiger partial charge on any atom is -0.461 e. The van der Waals surface area contributed by atoms with Crippen LogP contribution in [-0.4, -0.2) is 57.8 Å². The number of carbonyl (C=O) groups excluding carboxylic acids is 2. The summed E-state index contributed by atoms with van der Waals surface area (Å²) in [5.74, 6) is -0.625. The van der Waals surface area contributed by atoms with Crippen molar-refractivity contribution in [2.24, 2.45) is 0 Å². The number of nitrogens with one attached hydrogen (secondary N) is 1. The third-order valence-corrected chi connectivity index (χ3v) is 16.2. The molecule has 1 aliphatic heterocycles. The number of hydrogen-bond acceptors (Lipinski definition) is 8. The maximum absolute atomic E-state index is 14.0. The topological polar surface area (TPSA) is 120 Å². The van der Waals surface area contributed by atoms with E-state index in [4.69, 9.17) is 14.2 Å². The van der Waals surface area contributed by atoms with Crippen LogP contribution in [0.5, 0.6) is 0 Å². The number of rotatable bonds is 42. The van der Waals surface area contributed by atoms with Crippen molar-refractivity contribution in [2.75, 3.05) is 19.7 Å². The normalized spacial score (nSPS) is 15.7. The number of aromatic nitrogens is 2. The van der Waals surface area contributed by atoms with Gasteiger partial charge in [0.2, 0.25) is 0 Å². The molecule has 1 aliphatic rings. The molecule has 78 heavy (non-hydrogen) atoms. The summed E-state index contributed by atoms with van der Waals surface area (Å²) in [6.07, 6.45) is 38.1. The summed E-state index contributed by atoms with van der Waals surface area (Å²) in [6, 6.07) is 31.1. The summed E-state index contributed by atoms with van der Waals surface area (Å²) in [4.78, 5) is 58.9. The number of H-pyrrole nitrogens is 1. The summed E-state index contributed by atoms with van der Waals surface area (Å²) >= 11 is 0. The quantitative estimate of drug-likeness (QED) is 0.0265. The zero-order chi connectivity index (χ0) is 55.5. The van der Waals surface area contributed by atoms with Gasteiger partial charge < -0.3 is 14.2 Å². The van der Waals surface area contributed by atoms with Gasteiger partial charge >= 0.3 is 17.6 Å². The predicted molar refractivity (Wildman–Crippen MR) is 320 cm³/mol. The molecule has 0 spiro atoms. The largest absolute Gasteiger partial charge is 0.461 e. The molecule has 432 valence electrons. The average Bonchev–Trinajstić information content (AvgIpc) is 3.64. The number of benzene rings is 3. The van der Waals surface area contributed by atoms with Crippen LogP contribution in [0.15, 0.2) is 107 Å². The van der Waals surface area contributed by atoms with Crippen molar-refractivity contribution in [3.63, 3.8) is 0 Å². The molecule has 4 aromatic rings. The van der Waals surface area contributed by atoms with Crippen molar-refractivity contribution in [1.82, 2.24) is 14.5 Å². The molecule has 1 unspecified atom stereocenters. The fourth-order valence-corrected chi connectivity index (χ4v) is 11.8. The third kappa shape index (κ3) is 22.4. The van der Waals surface area contributed by atoms with Crippen molar-refractivity contribution in [3.8, 4) is 0 Å². The molecule has 1 N–H and O–H groups in total. The molecule has 0 amide bonds. The molecule has 0 saturated carbocycles. The molecule has 1 aromatic heterocycles. The Hall–Kier alpha value is -4.80. The summed E-state index contributed by atoms with van der Waals surface area (Å²) in [5.41, 5.74) is 0.304. The highest BCUT2D eigenvalue weighted by Crippen LogP contribution is 2.45. The molecule has 1 fully saturated rings. The molecule has 2 heterocycles. The first-order valence-electron chi connectivity index (χ1n) is 31.4. The zero-order valence-electron chi connectivity index (χ0n) is 49.1. The van der Waals surface area contributed by atoms with E-state index >= 15 is 0 Å². The standard InChI is InChI=1S/C68H103N3O7/c1-5-7-9-11-13-15-17-19-21-23-25-27-29-31-42-50-63(72)76-56-67(4,78-64(73)51-43-32-30-28-26-24-22-20-18-16-14-12-10-8-6-2)52-61-54-70(55-62(77-61)71-53-57(3)65(74)69-66(71)75)68(58-44-36-33-37-45-58,59-46-38-34-39-47-59)60-48-40-35-41-49-60/h33-41,44-49,53,61-62H,5-32,42-43,50-52,54-56H2,1-4H3,(H,69,74,75)/t61-,62+,67?/m0/s1. The number of aryl methyl sites for hydroxylation is 1. The number of nitrogens with zero attached hydrogens (tertiary/aromatic N) is 2. The lowest BCUT2D eigenvalue weighted by Crippen LogP contribution is -2.58. The van der Waals surface area contributed by atoms with Crippen LogP contribution in [0.1, 0.15) is 261 Å². The lowest BCUT2D eigenvalue weighted by Gasteiger charge is -2.51. The number of unbranched alkanes of at least 4 members (excludes halogenated alkanes) is 28. The SMILES string of the molecule is CCCCCCCCCCCCCCCCCC(=O)OCC(C)(C[C@H]1CN(C(c2ccccc2)(c2ccccc2)c2ccccc2)C[C@H](n2cc(C)c(=O)[nH]c2=O)O1)OC(=O)CCCCCCCCCCCCCCCCC. The van der Waals surface area contributed by atoms with Gasteiger partial charge in [-0.15, -0.1) is 0 Å². The molecule has 5 rings (SSSR count). The predicted octanol–water partition coefficient (Wildman–Crippen LogP) is 16.8. The number of ether oxygens (including phenoxy) is 3. The molecule has 1 saturated heterocycles. The second-order valence-electron chi connectivity index (χ2n) is 23.1. The fraction of sp³-hybridized carbons (Fsp3) is 0.647. The minimum atomic E-state index is -1.25. The Morgan fingerprint density at radius 2 is 0.910 bits per heavy atom. The molecule has 0 bridgehead atoms. The van der Waals surface area contributed by atoms with Gasteiger partial charge in [-0.25, -0.2) is 4.79 Å². The Labute approximate surface area is 471 Å². The summed E-state index contributed by atoms with van der Waals surface area (Å²) < 4.78 is 21.0. The third-order valence-electron chi connectivity index (χ3n) is 16.2. The van der Waals surface area contributed by atoms with Crippen molar-refractivity contribution in [1.29, 1.82) is 0 Å². The van der Waals surface area contributed by atoms with E-state index in [1.807, 2.05) is 61.5 Å². The lowest BCUT2D eigenvalue weighted by molar-refractivity contribution is -0.188. The number of hydrogen-bond donors (Lipinski definition) is 1. The van der Waals surface area contributed by atoms with E-state index in [1.54, 1.807) is 13.1 Å². The molecule has 0 radical (unpaired) electrons. The van der Waals surface area contributed by atoms with Crippen LogP contribution >= 0.6 is 0 Å². The first-order chi connectivity index (χ1) is 38.1. The molecule has 3 aromatic carbocycles. The number of esters is 2. The van der Waals surface area contributed by atoms with Crippen molar-refractivity contribution >= 4 is 11.9 Å². The Balaban J connectivity index is 1.27. The highest BCUT2D eigenvalue weighted by atomic mass is 16.6. The van der Waals surface area contributed by atoms with Gasteiger partial charge in [0.25, 0.3) is 5.56 Å². The monoisotopic (exact) mass is 1070 g/mol. The van der Waals surface area contributed by atoms with E-state index in [9.17, 15) is 19.2 Å². The van der Waals surface area contributed by atoms with E-state index in [0.717, 1.165) is 55.2 Å². The first-order valence-corrected chi connectivity index (χ1v) is 31.4. The van der Waals surface area contributed by atoms with Gasteiger partial charge in [0.05, 0.1) is 11.6 Å². The Bertz CT molecular complexity index is 2240. The van der Waals surface area contributed by atoms with Crippen LogP contribution in [-0.2, 0) is 29.3 Å². The van der Waals surface area contributed by atoms with Gasteiger partial charge in [-0.3, -0.25) is 28.8 Å². The van der Waals surface area contributed by atoms with E-state index in [-0.39, 0.29) is 37.9 Å². The highest BCUT2D eigenvalue weighted by molar-refractivity contribution is 5.70. The van der Waals surface area contributed by atoms with Gasteiger partial charge in [0, 0.05) is 44.1 Å². The molecular weight excluding hydrogens is 971 g/mol. The number of aromatic amines is 1. The second kappa shape index (κ2) is 37.2. The highest BCUT2D eigenvalue weighted by Gasteiger charge is 2.48. The summed E-state index contributed by atoms with van der Waals surface area (Å²) in [5, 5.41) is 0. The molecule has 10 nitrogen and oxygen atoms in total. The molecule has 0 aliphatic carbocycles. The van der Waals surface area contributed by atoms with Crippen molar-refractivity contribution in [3.05, 3.63) is 140 Å². The van der Waals surface area contributed by atoms with Gasteiger partial charge in [-0.05, 0) is 43.4 Å². The lowest BCUT2D eigenvalue weighted by atomic mass is 9.75. The van der Waals surface area contributed by atoms with Crippen LogP contribution in [0.25, 0.3) is 0 Å². The Kier molecular flexibility index (Phi) is 30.5. The van der Waals surface area contributed by atoms with E-state index in [1.165, 1.54) is 159 Å². The van der Waals surface area contributed by atoms with E-state index in [2.05, 4.69) is 60.1 Å². The summed E-state index contributed by atoms with van der Waals surface area (Å²) in [6.45, 7) is 8.58. The van der Waals surface area contributed by atoms with Crippen LogP contribution in [0.4, 0.5) is 0 Å². The molecule has 10 heteroatoms. The van der Waals surface area contributed by atoms with Gasteiger partial charge in [-0.1, -0.05) is 285 Å². The molecular formula is C68H103N3O7. The smallest absolute Gasteiger partial charge is 0.330 e. The molecule has 3 atom stereocenters. The van der Waals surface area contributed by atoms with Crippen LogP contribution in [0, 0.1) is 6.92 Å². The maximum Gasteiger partial charge on any atom is 0.330 e.